The van der Waals surface area contributed by atoms with Gasteiger partial charge in [0.25, 0.3) is 0 Å². The average molecular weight is 253 g/mol. The number of imidazole rings is 1. The molecule has 0 radical (unpaired) electrons. The maximum atomic E-state index is 11.9. The average Bonchev–Trinajstić information content (AvgIpc) is 2.90. The minimum Gasteiger partial charge on any atom is -0.456 e. The highest BCUT2D eigenvalue weighted by molar-refractivity contribution is 5.87. The molecule has 0 aliphatic heterocycles. The highest BCUT2D eigenvalue weighted by Crippen LogP contribution is 2.06. The van der Waals surface area contributed by atoms with E-state index in [1.807, 2.05) is 30.3 Å². The van der Waals surface area contributed by atoms with Crippen LogP contribution in [0.3, 0.4) is 0 Å². The van der Waals surface area contributed by atoms with Crippen LogP contribution in [0, 0.1) is 0 Å². The van der Waals surface area contributed by atoms with Crippen LogP contribution >= 0.6 is 0 Å². The van der Waals surface area contributed by atoms with E-state index in [0.717, 1.165) is 5.56 Å². The van der Waals surface area contributed by atoms with Gasteiger partial charge in [0.1, 0.15) is 6.61 Å². The molecular formula is C14H11N3O2. The number of rotatable bonds is 3. The molecule has 0 atom stereocenters. The van der Waals surface area contributed by atoms with Gasteiger partial charge in [0.2, 0.25) is 5.78 Å². The fourth-order valence-electron chi connectivity index (χ4n) is 1.73. The van der Waals surface area contributed by atoms with E-state index in [-0.39, 0.29) is 12.3 Å². The topological polar surface area (TPSA) is 56.5 Å². The summed E-state index contributed by atoms with van der Waals surface area (Å²) >= 11 is 0. The number of carbonyl (C=O) groups excluding carboxylic acids is 1. The molecular weight excluding hydrogens is 242 g/mol. The molecule has 5 nitrogen and oxygen atoms in total. The Morgan fingerprint density at radius 2 is 2.05 bits per heavy atom. The third kappa shape index (κ3) is 2.44. The molecule has 3 rings (SSSR count). The molecule has 0 saturated heterocycles. The van der Waals surface area contributed by atoms with Crippen molar-refractivity contribution in [3.05, 3.63) is 66.2 Å². The number of benzene rings is 1. The van der Waals surface area contributed by atoms with Gasteiger partial charge in [-0.1, -0.05) is 30.3 Å². The van der Waals surface area contributed by atoms with Crippen molar-refractivity contribution in [3.8, 4) is 0 Å². The SMILES string of the molecule is O=C(OCc1ccccc1)c1cn2cccnc2n1. The molecule has 94 valence electrons. The summed E-state index contributed by atoms with van der Waals surface area (Å²) in [5.74, 6) is 0.0310. The Labute approximate surface area is 109 Å². The van der Waals surface area contributed by atoms with E-state index in [4.69, 9.17) is 4.74 Å². The van der Waals surface area contributed by atoms with Crippen molar-refractivity contribution < 1.29 is 9.53 Å². The van der Waals surface area contributed by atoms with Gasteiger partial charge in [0.05, 0.1) is 0 Å². The Bertz CT molecular complexity index is 674. The number of carbonyl (C=O) groups is 1. The maximum absolute atomic E-state index is 11.9. The number of hydrogen-bond donors (Lipinski definition) is 0. The molecule has 0 amide bonds. The summed E-state index contributed by atoms with van der Waals surface area (Å²) in [6, 6.07) is 11.3. The molecule has 2 heterocycles. The zero-order chi connectivity index (χ0) is 13.1. The van der Waals surface area contributed by atoms with Crippen molar-refractivity contribution in [2.24, 2.45) is 0 Å². The van der Waals surface area contributed by atoms with E-state index in [1.54, 1.807) is 29.1 Å². The summed E-state index contributed by atoms with van der Waals surface area (Å²) in [5.41, 5.74) is 1.20. The Morgan fingerprint density at radius 1 is 1.21 bits per heavy atom. The van der Waals surface area contributed by atoms with Crippen molar-refractivity contribution >= 4 is 11.7 Å². The molecule has 0 fully saturated rings. The summed E-state index contributed by atoms with van der Waals surface area (Å²) in [6.07, 6.45) is 5.01. The van der Waals surface area contributed by atoms with Gasteiger partial charge in [-0.3, -0.25) is 4.40 Å². The quantitative estimate of drug-likeness (QED) is 0.671. The van der Waals surface area contributed by atoms with E-state index in [1.165, 1.54) is 0 Å². The Hall–Kier alpha value is -2.69. The van der Waals surface area contributed by atoms with E-state index >= 15 is 0 Å². The van der Waals surface area contributed by atoms with Crippen molar-refractivity contribution in [1.82, 2.24) is 14.4 Å². The van der Waals surface area contributed by atoms with Crippen molar-refractivity contribution in [1.29, 1.82) is 0 Å². The van der Waals surface area contributed by atoms with Crippen LogP contribution in [0.4, 0.5) is 0 Å². The monoisotopic (exact) mass is 253 g/mol. The predicted octanol–water partition coefficient (Wildman–Crippen LogP) is 2.09. The minimum absolute atomic E-state index is 0.237. The van der Waals surface area contributed by atoms with Gasteiger partial charge in [-0.25, -0.2) is 14.8 Å². The Balaban J connectivity index is 1.73. The normalized spacial score (nSPS) is 10.5. The molecule has 1 aromatic carbocycles. The molecule has 3 aromatic rings. The summed E-state index contributed by atoms with van der Waals surface area (Å²) in [5, 5.41) is 0. The zero-order valence-electron chi connectivity index (χ0n) is 10.1. The van der Waals surface area contributed by atoms with Crippen LogP contribution in [-0.4, -0.2) is 20.3 Å². The second-order valence-electron chi connectivity index (χ2n) is 4.01. The molecule has 2 aromatic heterocycles. The van der Waals surface area contributed by atoms with E-state index in [2.05, 4.69) is 9.97 Å². The lowest BCUT2D eigenvalue weighted by Crippen LogP contribution is -2.05. The van der Waals surface area contributed by atoms with Crippen molar-refractivity contribution in [3.63, 3.8) is 0 Å². The maximum Gasteiger partial charge on any atom is 0.358 e. The van der Waals surface area contributed by atoms with Crippen LogP contribution in [0.1, 0.15) is 16.1 Å². The highest BCUT2D eigenvalue weighted by atomic mass is 16.5. The second-order valence-corrected chi connectivity index (χ2v) is 4.01. The standard InChI is InChI=1S/C14H11N3O2/c18-13(19-10-11-5-2-1-3-6-11)12-9-17-8-4-7-15-14(17)16-12/h1-9H,10H2. The zero-order valence-corrected chi connectivity index (χ0v) is 10.1. The van der Waals surface area contributed by atoms with Crippen LogP contribution in [0.2, 0.25) is 0 Å². The molecule has 0 bridgehead atoms. The first kappa shape index (κ1) is 11.4. The van der Waals surface area contributed by atoms with Crippen LogP contribution < -0.4 is 0 Å². The predicted molar refractivity (Wildman–Crippen MR) is 68.5 cm³/mol. The number of aromatic nitrogens is 3. The van der Waals surface area contributed by atoms with Gasteiger partial charge < -0.3 is 4.74 Å². The minimum atomic E-state index is -0.450. The molecule has 0 spiro atoms. The molecule has 0 unspecified atom stereocenters. The number of fused-ring (bicyclic) bond motifs is 1. The number of ether oxygens (including phenoxy) is 1. The first-order chi connectivity index (χ1) is 9.33. The lowest BCUT2D eigenvalue weighted by Gasteiger charge is -2.02. The molecule has 5 heteroatoms. The third-order valence-corrected chi connectivity index (χ3v) is 2.66. The summed E-state index contributed by atoms with van der Waals surface area (Å²) in [6.45, 7) is 0.237. The van der Waals surface area contributed by atoms with Crippen molar-refractivity contribution in [2.75, 3.05) is 0 Å². The van der Waals surface area contributed by atoms with Crippen LogP contribution in [0.25, 0.3) is 5.78 Å². The van der Waals surface area contributed by atoms with Gasteiger partial charge in [0.15, 0.2) is 5.69 Å². The van der Waals surface area contributed by atoms with E-state index in [0.29, 0.717) is 5.78 Å². The molecule has 0 N–H and O–H groups in total. The molecule has 0 saturated carbocycles. The van der Waals surface area contributed by atoms with Gasteiger partial charge in [0, 0.05) is 18.6 Å². The van der Waals surface area contributed by atoms with Gasteiger partial charge in [-0.15, -0.1) is 0 Å². The van der Waals surface area contributed by atoms with Gasteiger partial charge in [-0.2, -0.15) is 0 Å². The summed E-state index contributed by atoms with van der Waals surface area (Å²) in [4.78, 5) is 20.0. The number of hydrogen-bond acceptors (Lipinski definition) is 4. The molecule has 0 aliphatic carbocycles. The fraction of sp³-hybridized carbons (Fsp3) is 0.0714. The summed E-state index contributed by atoms with van der Waals surface area (Å²) in [7, 11) is 0. The largest absolute Gasteiger partial charge is 0.456 e. The lowest BCUT2D eigenvalue weighted by molar-refractivity contribution is 0.0466. The first-order valence-electron chi connectivity index (χ1n) is 5.84. The highest BCUT2D eigenvalue weighted by Gasteiger charge is 2.12. The van der Waals surface area contributed by atoms with E-state index in [9.17, 15) is 4.79 Å². The lowest BCUT2D eigenvalue weighted by atomic mass is 10.2. The smallest absolute Gasteiger partial charge is 0.358 e. The van der Waals surface area contributed by atoms with Gasteiger partial charge >= 0.3 is 5.97 Å². The van der Waals surface area contributed by atoms with Gasteiger partial charge in [-0.05, 0) is 11.6 Å². The van der Waals surface area contributed by atoms with Crippen LogP contribution in [0.15, 0.2) is 55.0 Å². The van der Waals surface area contributed by atoms with Crippen LogP contribution in [-0.2, 0) is 11.3 Å². The second kappa shape index (κ2) is 4.89. The number of nitrogens with zero attached hydrogens (tertiary/aromatic N) is 3. The first-order valence-corrected chi connectivity index (χ1v) is 5.84. The molecule has 0 aliphatic rings. The number of esters is 1. The van der Waals surface area contributed by atoms with E-state index < -0.39 is 5.97 Å². The third-order valence-electron chi connectivity index (χ3n) is 2.66. The fourth-order valence-corrected chi connectivity index (χ4v) is 1.73. The van der Waals surface area contributed by atoms with Crippen molar-refractivity contribution in [2.45, 2.75) is 6.61 Å². The van der Waals surface area contributed by atoms with Crippen LogP contribution in [0.5, 0.6) is 0 Å². The Morgan fingerprint density at radius 3 is 2.84 bits per heavy atom. The molecule has 19 heavy (non-hydrogen) atoms. The summed E-state index contributed by atoms with van der Waals surface area (Å²) < 4.78 is 6.88. The Kier molecular flexibility index (Phi) is 2.94.